The summed E-state index contributed by atoms with van der Waals surface area (Å²) in [5.74, 6) is 0.242. The standard InChI is InChI=1S/C28H24ClN6OPS/c29-22-11-7-9-21(19-22)25(26(32-34-30)28(36)35-18-16-20-10-8-17-31-27(20)35)33-37(38,23-12-3-1-4-13-23)24-14-5-2-6-15-24/h1-15,17,19,25-26H,16,18H2,(H,33,38). The lowest BCUT2D eigenvalue weighted by Gasteiger charge is -2.34. The van der Waals surface area contributed by atoms with E-state index in [0.717, 1.165) is 16.2 Å². The molecule has 2 heterocycles. The minimum atomic E-state index is -2.71. The first-order valence-electron chi connectivity index (χ1n) is 12.1. The number of anilines is 1. The third-order valence-electron chi connectivity index (χ3n) is 6.51. The lowest BCUT2D eigenvalue weighted by Crippen LogP contribution is -2.45. The number of carbonyl (C=O) groups excluding carboxylic acids is 1. The van der Waals surface area contributed by atoms with Crippen molar-refractivity contribution in [1.29, 1.82) is 0 Å². The maximum atomic E-state index is 14.1. The van der Waals surface area contributed by atoms with Gasteiger partial charge >= 0.3 is 0 Å². The number of azide groups is 1. The Kier molecular flexibility index (Phi) is 7.89. The van der Waals surface area contributed by atoms with E-state index in [1.54, 1.807) is 23.2 Å². The minimum Gasteiger partial charge on any atom is -0.296 e. The van der Waals surface area contributed by atoms with E-state index in [4.69, 9.17) is 23.4 Å². The van der Waals surface area contributed by atoms with Crippen LogP contribution in [0, 0.1) is 0 Å². The van der Waals surface area contributed by atoms with Crippen LogP contribution in [0.1, 0.15) is 17.2 Å². The Morgan fingerprint density at radius 2 is 1.71 bits per heavy atom. The van der Waals surface area contributed by atoms with Gasteiger partial charge in [0.1, 0.15) is 11.9 Å². The summed E-state index contributed by atoms with van der Waals surface area (Å²) in [5, 5.41) is 10.1. The zero-order valence-electron chi connectivity index (χ0n) is 20.3. The number of rotatable bonds is 8. The first-order valence-corrected chi connectivity index (χ1v) is 15.2. The molecule has 1 aliphatic rings. The Bertz CT molecular complexity index is 1500. The largest absolute Gasteiger partial charge is 0.296 e. The second-order valence-corrected chi connectivity index (χ2v) is 13.4. The topological polar surface area (TPSA) is 94.0 Å². The first kappa shape index (κ1) is 26.1. The highest BCUT2D eigenvalue weighted by atomic mass is 35.5. The van der Waals surface area contributed by atoms with Gasteiger partial charge in [-0.2, -0.15) is 0 Å². The molecular weight excluding hydrogens is 535 g/mol. The fourth-order valence-electron chi connectivity index (χ4n) is 4.69. The van der Waals surface area contributed by atoms with E-state index in [2.05, 4.69) is 20.1 Å². The van der Waals surface area contributed by atoms with E-state index in [1.807, 2.05) is 84.9 Å². The number of nitrogens with zero attached hydrogens (tertiary/aromatic N) is 5. The number of halogens is 1. The number of carbonyl (C=O) groups is 1. The van der Waals surface area contributed by atoms with Crippen molar-refractivity contribution >= 4 is 51.9 Å². The van der Waals surface area contributed by atoms with E-state index < -0.39 is 18.3 Å². The van der Waals surface area contributed by atoms with Crippen LogP contribution in [0.2, 0.25) is 5.02 Å². The summed E-state index contributed by atoms with van der Waals surface area (Å²) in [6.07, 6.45) is -0.368. The molecule has 1 N–H and O–H groups in total. The monoisotopic (exact) mass is 558 g/mol. The normalized spacial score (nSPS) is 14.3. The van der Waals surface area contributed by atoms with E-state index in [9.17, 15) is 10.3 Å². The number of hydrogen-bond acceptors (Lipinski definition) is 4. The van der Waals surface area contributed by atoms with Gasteiger partial charge in [0.15, 0.2) is 0 Å². The van der Waals surface area contributed by atoms with Crippen LogP contribution in [-0.2, 0) is 23.0 Å². The van der Waals surface area contributed by atoms with E-state index >= 15 is 0 Å². The number of amides is 1. The number of fused-ring (bicyclic) bond motifs is 1. The molecule has 4 aromatic rings. The Morgan fingerprint density at radius 1 is 1.03 bits per heavy atom. The van der Waals surface area contributed by atoms with Crippen molar-refractivity contribution in [1.82, 2.24) is 10.1 Å². The van der Waals surface area contributed by atoms with E-state index in [0.29, 0.717) is 29.4 Å². The summed E-state index contributed by atoms with van der Waals surface area (Å²) < 4.78 is 0. The van der Waals surface area contributed by atoms with Gasteiger partial charge in [0.25, 0.3) is 0 Å². The molecule has 38 heavy (non-hydrogen) atoms. The van der Waals surface area contributed by atoms with Crippen molar-refractivity contribution in [2.75, 3.05) is 11.4 Å². The molecule has 0 radical (unpaired) electrons. The van der Waals surface area contributed by atoms with Crippen molar-refractivity contribution in [2.24, 2.45) is 5.11 Å². The fourth-order valence-corrected chi connectivity index (χ4v) is 8.42. The highest BCUT2D eigenvalue weighted by Gasteiger charge is 2.39. The van der Waals surface area contributed by atoms with Crippen molar-refractivity contribution in [2.45, 2.75) is 18.5 Å². The lowest BCUT2D eigenvalue weighted by molar-refractivity contribution is -0.120. The van der Waals surface area contributed by atoms with Crippen molar-refractivity contribution in [3.63, 3.8) is 0 Å². The van der Waals surface area contributed by atoms with E-state index in [1.165, 1.54) is 0 Å². The molecule has 190 valence electrons. The summed E-state index contributed by atoms with van der Waals surface area (Å²) >= 11 is 12.8. The molecule has 0 fully saturated rings. The van der Waals surface area contributed by atoms with Gasteiger partial charge in [-0.25, -0.2) is 4.98 Å². The molecule has 1 aliphatic heterocycles. The summed E-state index contributed by atoms with van der Waals surface area (Å²) in [4.78, 5) is 23.2. The van der Waals surface area contributed by atoms with Crippen LogP contribution < -0.4 is 20.6 Å². The smallest absolute Gasteiger partial charge is 0.239 e. The van der Waals surface area contributed by atoms with Crippen LogP contribution in [0.3, 0.4) is 0 Å². The number of pyridine rings is 1. The Balaban J connectivity index is 1.64. The molecule has 0 saturated carbocycles. The Labute approximate surface area is 231 Å². The van der Waals surface area contributed by atoms with Crippen LogP contribution >= 0.6 is 17.8 Å². The molecule has 2 unspecified atom stereocenters. The molecule has 7 nitrogen and oxygen atoms in total. The number of benzene rings is 3. The van der Waals surface area contributed by atoms with Gasteiger partial charge in [-0.15, -0.1) is 0 Å². The van der Waals surface area contributed by atoms with Crippen molar-refractivity contribution in [3.05, 3.63) is 130 Å². The molecular formula is C28H24ClN6OPS. The van der Waals surface area contributed by atoms with Crippen LogP contribution in [0.4, 0.5) is 5.82 Å². The number of aromatic nitrogens is 1. The van der Waals surface area contributed by atoms with Crippen LogP contribution in [0.15, 0.2) is 108 Å². The van der Waals surface area contributed by atoms with Gasteiger partial charge in [0.05, 0.1) is 12.2 Å². The van der Waals surface area contributed by atoms with Crippen molar-refractivity contribution in [3.8, 4) is 0 Å². The molecule has 0 saturated heterocycles. The minimum absolute atomic E-state index is 0.347. The molecule has 0 spiro atoms. The van der Waals surface area contributed by atoms with Gasteiger partial charge in [-0.3, -0.25) is 14.8 Å². The van der Waals surface area contributed by atoms with Gasteiger partial charge in [-0.05, 0) is 41.3 Å². The number of nitrogens with one attached hydrogen (secondary N) is 1. The lowest BCUT2D eigenvalue weighted by atomic mass is 9.99. The van der Waals surface area contributed by atoms with Gasteiger partial charge in [0.2, 0.25) is 5.91 Å². The molecule has 3 aromatic carbocycles. The van der Waals surface area contributed by atoms with Crippen LogP contribution in [0.5, 0.6) is 0 Å². The molecule has 1 amide bonds. The maximum Gasteiger partial charge on any atom is 0.239 e. The Hall–Kier alpha value is -3.51. The zero-order valence-corrected chi connectivity index (χ0v) is 22.7. The fraction of sp³-hybridized carbons (Fsp3) is 0.143. The predicted molar refractivity (Wildman–Crippen MR) is 157 cm³/mol. The van der Waals surface area contributed by atoms with E-state index in [-0.39, 0.29) is 5.91 Å². The van der Waals surface area contributed by atoms with Crippen molar-refractivity contribution < 1.29 is 4.79 Å². The zero-order chi connectivity index (χ0) is 26.5. The third-order valence-corrected chi connectivity index (χ3v) is 11.0. The number of hydrogen-bond donors (Lipinski definition) is 1. The summed E-state index contributed by atoms with van der Waals surface area (Å²) in [7, 11) is 0. The maximum absolute atomic E-state index is 14.1. The van der Waals surface area contributed by atoms with Gasteiger partial charge in [-0.1, -0.05) is 107 Å². The molecule has 10 heteroatoms. The molecule has 0 aliphatic carbocycles. The second kappa shape index (κ2) is 11.5. The third kappa shape index (κ3) is 5.23. The van der Waals surface area contributed by atoms with Crippen LogP contribution in [-0.4, -0.2) is 23.5 Å². The quantitative estimate of drug-likeness (QED) is 0.130. The molecule has 2 atom stereocenters. The van der Waals surface area contributed by atoms with Crippen LogP contribution in [0.25, 0.3) is 10.4 Å². The van der Waals surface area contributed by atoms with Gasteiger partial charge < -0.3 is 0 Å². The molecule has 5 rings (SSSR count). The first-order chi connectivity index (χ1) is 18.5. The molecule has 1 aromatic heterocycles. The molecule has 0 bridgehead atoms. The summed E-state index contributed by atoms with van der Waals surface area (Å²) in [5.41, 5.74) is 11.3. The average molecular weight is 559 g/mol. The summed E-state index contributed by atoms with van der Waals surface area (Å²) in [6, 6.07) is 28.7. The predicted octanol–water partition coefficient (Wildman–Crippen LogP) is 5.68. The van der Waals surface area contributed by atoms with Gasteiger partial charge in [0, 0.05) is 33.3 Å². The average Bonchev–Trinajstić information content (AvgIpc) is 3.40. The SMILES string of the molecule is [N-]=[N+]=NC(C(=O)N1CCc2cccnc21)C(NP(=S)(c1ccccc1)c1ccccc1)c1cccc(Cl)c1. The second-order valence-electron chi connectivity index (χ2n) is 8.82. The highest BCUT2D eigenvalue weighted by Crippen LogP contribution is 2.44. The summed E-state index contributed by atoms with van der Waals surface area (Å²) in [6.45, 7) is 0.455. The highest BCUT2D eigenvalue weighted by molar-refractivity contribution is 8.20. The Morgan fingerprint density at radius 3 is 2.34 bits per heavy atom.